The summed E-state index contributed by atoms with van der Waals surface area (Å²) < 4.78 is 38.5. The van der Waals surface area contributed by atoms with Gasteiger partial charge in [0.1, 0.15) is 12.4 Å². The third-order valence-electron chi connectivity index (χ3n) is 7.09. The van der Waals surface area contributed by atoms with Gasteiger partial charge in [-0.1, -0.05) is 51.6 Å². The highest BCUT2D eigenvalue weighted by Gasteiger charge is 2.32. The highest BCUT2D eigenvalue weighted by Crippen LogP contribution is 2.38. The van der Waals surface area contributed by atoms with Crippen molar-refractivity contribution in [3.05, 3.63) is 40.6 Å². The van der Waals surface area contributed by atoms with Crippen molar-refractivity contribution in [3.8, 4) is 5.75 Å². The summed E-state index contributed by atoms with van der Waals surface area (Å²) >= 11 is 7.67. The number of sulfonamides is 1. The summed E-state index contributed by atoms with van der Waals surface area (Å²) in [4.78, 5) is 19.1. The molecule has 4 rings (SSSR count). The van der Waals surface area contributed by atoms with Crippen LogP contribution >= 0.6 is 22.9 Å². The van der Waals surface area contributed by atoms with E-state index in [0.717, 1.165) is 32.4 Å². The summed E-state index contributed by atoms with van der Waals surface area (Å²) in [5.74, 6) is 0.428. The topological polar surface area (TPSA) is 109 Å². The Morgan fingerprint density at radius 1 is 1.15 bits per heavy atom. The molecule has 0 fully saturated rings. The second kappa shape index (κ2) is 12.8. The van der Waals surface area contributed by atoms with Gasteiger partial charge >= 0.3 is 6.09 Å². The fourth-order valence-corrected chi connectivity index (χ4v) is 7.83. The number of aromatic nitrogens is 3. The summed E-state index contributed by atoms with van der Waals surface area (Å²) in [6.45, 7) is 11.0. The van der Waals surface area contributed by atoms with E-state index in [9.17, 15) is 18.3 Å². The molecular weight excluding hydrogens is 574 g/mol. The van der Waals surface area contributed by atoms with Crippen LogP contribution in [0.2, 0.25) is 5.15 Å². The summed E-state index contributed by atoms with van der Waals surface area (Å²) in [7, 11) is -4.12. The molecule has 0 bridgehead atoms. The number of hydrogen-bond donors (Lipinski definition) is 1. The van der Waals surface area contributed by atoms with Crippen LogP contribution in [0.5, 0.6) is 5.75 Å². The molecule has 0 amide bonds. The second-order valence-electron chi connectivity index (χ2n) is 9.51. The predicted molar refractivity (Wildman–Crippen MR) is 160 cm³/mol. The molecule has 1 aromatic carbocycles. The van der Waals surface area contributed by atoms with Crippen molar-refractivity contribution in [1.82, 2.24) is 18.9 Å². The van der Waals surface area contributed by atoms with E-state index in [1.165, 1.54) is 24.6 Å². The van der Waals surface area contributed by atoms with E-state index < -0.39 is 16.1 Å². The van der Waals surface area contributed by atoms with Crippen LogP contribution < -0.4 is 9.04 Å². The average Bonchev–Trinajstić information content (AvgIpc) is 3.56. The van der Waals surface area contributed by atoms with E-state index in [1.54, 1.807) is 36.7 Å². The summed E-state index contributed by atoms with van der Waals surface area (Å²) in [6, 6.07) is 4.97. The minimum absolute atomic E-state index is 0.0835. The Morgan fingerprint density at radius 2 is 1.90 bits per heavy atom. The first kappa shape index (κ1) is 30.2. The van der Waals surface area contributed by atoms with Gasteiger partial charge in [0.2, 0.25) is 0 Å². The van der Waals surface area contributed by atoms with Crippen LogP contribution in [0.4, 0.5) is 10.5 Å². The lowest BCUT2D eigenvalue weighted by Crippen LogP contribution is -2.33. The number of carbonyl (C=O) groups is 1. The van der Waals surface area contributed by atoms with Crippen LogP contribution in [0.25, 0.3) is 15.9 Å². The van der Waals surface area contributed by atoms with Crippen LogP contribution in [-0.2, 0) is 10.0 Å². The molecule has 0 aliphatic carbocycles. The van der Waals surface area contributed by atoms with E-state index in [2.05, 4.69) is 30.7 Å². The molecule has 0 atom stereocenters. The fraction of sp³-hybridized carbons (Fsp3) is 0.481. The van der Waals surface area contributed by atoms with Crippen molar-refractivity contribution in [2.24, 2.45) is 0 Å². The Kier molecular flexibility index (Phi) is 9.65. The Morgan fingerprint density at radius 3 is 2.58 bits per heavy atom. The van der Waals surface area contributed by atoms with Crippen molar-refractivity contribution in [2.75, 3.05) is 37.1 Å². The number of halogens is 1. The maximum Gasteiger partial charge on any atom is 0.416 e. The molecule has 13 heteroatoms. The van der Waals surface area contributed by atoms with Crippen molar-refractivity contribution in [3.63, 3.8) is 0 Å². The van der Waals surface area contributed by atoms with Crippen molar-refractivity contribution >= 4 is 60.6 Å². The van der Waals surface area contributed by atoms with E-state index >= 15 is 0 Å². The van der Waals surface area contributed by atoms with Crippen molar-refractivity contribution in [1.29, 1.82) is 0 Å². The molecule has 0 saturated heterocycles. The first-order valence-electron chi connectivity index (χ1n) is 13.5. The van der Waals surface area contributed by atoms with Crippen LogP contribution in [-0.4, -0.2) is 71.3 Å². The quantitative estimate of drug-likeness (QED) is 0.166. The molecule has 10 nitrogen and oxygen atoms in total. The molecule has 40 heavy (non-hydrogen) atoms. The largest absolute Gasteiger partial charge is 0.490 e. The van der Waals surface area contributed by atoms with Crippen LogP contribution in [0.3, 0.4) is 0 Å². The number of nitrogens with zero attached hydrogens (tertiary/aromatic N) is 5. The highest BCUT2D eigenvalue weighted by atomic mass is 35.5. The molecular formula is C27H36ClN5O5S2. The zero-order chi connectivity index (χ0) is 29.0. The lowest BCUT2D eigenvalue weighted by molar-refractivity contribution is 0.196. The minimum atomic E-state index is -4.12. The van der Waals surface area contributed by atoms with Crippen LogP contribution in [0.15, 0.2) is 34.8 Å². The van der Waals surface area contributed by atoms with Crippen molar-refractivity contribution < 1.29 is 23.1 Å². The number of thiazole rings is 1. The lowest BCUT2D eigenvalue weighted by atomic mass is 10.2. The smallest absolute Gasteiger partial charge is 0.416 e. The molecule has 0 unspecified atom stereocenters. The van der Waals surface area contributed by atoms with Gasteiger partial charge in [-0.25, -0.2) is 14.3 Å². The normalized spacial score (nSPS) is 12.2. The number of rotatable bonds is 14. The minimum Gasteiger partial charge on any atom is -0.490 e. The Labute approximate surface area is 243 Å². The Bertz CT molecular complexity index is 1590. The molecule has 0 aliphatic heterocycles. The molecule has 3 aromatic heterocycles. The number of hydrogen-bond acceptors (Lipinski definition) is 7. The SMILES string of the molecule is CCCCCCN(c1ccc2c(c1)c(OCCN(CC)CC)c(C)n2C(=O)O)S(=O)(=O)c1c(Cl)nc2sccn12. The van der Waals surface area contributed by atoms with Gasteiger partial charge in [-0.15, -0.1) is 11.3 Å². The fourth-order valence-electron chi connectivity index (χ4n) is 4.92. The average molecular weight is 610 g/mol. The summed E-state index contributed by atoms with van der Waals surface area (Å²) in [6.07, 6.45) is 4.02. The molecule has 0 saturated carbocycles. The van der Waals surface area contributed by atoms with Gasteiger partial charge in [-0.2, -0.15) is 8.42 Å². The zero-order valence-corrected chi connectivity index (χ0v) is 25.7. The third kappa shape index (κ3) is 5.81. The van der Waals surface area contributed by atoms with Gasteiger partial charge in [0.25, 0.3) is 10.0 Å². The summed E-state index contributed by atoms with van der Waals surface area (Å²) in [5, 5.41) is 12.1. The first-order valence-corrected chi connectivity index (χ1v) is 16.2. The van der Waals surface area contributed by atoms with E-state index in [1.807, 2.05) is 0 Å². The van der Waals surface area contributed by atoms with Gasteiger partial charge in [0.15, 0.2) is 15.1 Å². The predicted octanol–water partition coefficient (Wildman–Crippen LogP) is 6.33. The zero-order valence-electron chi connectivity index (χ0n) is 23.3. The number of benzene rings is 1. The van der Waals surface area contributed by atoms with E-state index in [0.29, 0.717) is 52.6 Å². The van der Waals surface area contributed by atoms with Gasteiger partial charge in [0, 0.05) is 30.1 Å². The number of likely N-dealkylation sites (N-methyl/N-ethyl adjacent to an activating group) is 1. The van der Waals surface area contributed by atoms with Crippen molar-refractivity contribution in [2.45, 2.75) is 58.4 Å². The maximum absolute atomic E-state index is 14.2. The number of carboxylic acid groups (broad SMARTS) is 1. The number of imidazole rings is 1. The second-order valence-corrected chi connectivity index (χ2v) is 12.5. The maximum atomic E-state index is 14.2. The lowest BCUT2D eigenvalue weighted by Gasteiger charge is -2.24. The molecule has 0 radical (unpaired) electrons. The van der Waals surface area contributed by atoms with Gasteiger partial charge < -0.3 is 14.7 Å². The number of anilines is 1. The van der Waals surface area contributed by atoms with Gasteiger partial charge in [0.05, 0.1) is 16.9 Å². The number of ether oxygens (including phenoxy) is 1. The van der Waals surface area contributed by atoms with Crippen LogP contribution in [0.1, 0.15) is 52.1 Å². The molecule has 4 aromatic rings. The first-order chi connectivity index (χ1) is 19.1. The third-order valence-corrected chi connectivity index (χ3v) is 10.1. The molecule has 0 aliphatic rings. The molecule has 3 heterocycles. The standard InChI is InChI=1S/C27H36ClN5O5S2/c1-5-8-9-10-13-32(40(36,37)25-24(28)29-26-31(25)15-17-39-26)20-11-12-22-21(18-20)23(19(4)33(22)27(34)35)38-16-14-30(6-2)7-3/h11-12,15,17-18H,5-10,13-14,16H2,1-4H3,(H,34,35). The highest BCUT2D eigenvalue weighted by molar-refractivity contribution is 7.92. The molecule has 218 valence electrons. The number of fused-ring (bicyclic) bond motifs is 2. The van der Waals surface area contributed by atoms with E-state index in [-0.39, 0.29) is 16.7 Å². The monoisotopic (exact) mass is 609 g/mol. The summed E-state index contributed by atoms with van der Waals surface area (Å²) in [5.41, 5.74) is 1.27. The van der Waals surface area contributed by atoms with E-state index in [4.69, 9.17) is 16.3 Å². The van der Waals surface area contributed by atoms with Gasteiger partial charge in [-0.05, 0) is 44.6 Å². The molecule has 1 N–H and O–H groups in total. The Balaban J connectivity index is 1.81. The molecule has 0 spiro atoms. The number of unbranched alkanes of at least 4 members (excludes halogenated alkanes) is 3. The Hall–Kier alpha value is -2.80. The van der Waals surface area contributed by atoms with Gasteiger partial charge in [-0.3, -0.25) is 8.71 Å². The van der Waals surface area contributed by atoms with Crippen LogP contribution in [0, 0.1) is 6.92 Å².